The second-order valence-corrected chi connectivity index (χ2v) is 6.78. The lowest BCUT2D eigenvalue weighted by molar-refractivity contribution is -0.140. The number of aliphatic carboxylic acids is 1. The van der Waals surface area contributed by atoms with Crippen molar-refractivity contribution in [1.82, 2.24) is 9.55 Å². The van der Waals surface area contributed by atoms with Crippen LogP contribution in [0.5, 0.6) is 0 Å². The number of nitrogens with zero attached hydrogens (tertiary/aromatic N) is 1. The van der Waals surface area contributed by atoms with Crippen LogP contribution in [-0.4, -0.2) is 20.6 Å². The highest BCUT2D eigenvalue weighted by Crippen LogP contribution is 2.35. The van der Waals surface area contributed by atoms with Crippen molar-refractivity contribution < 1.29 is 9.90 Å². The molecule has 0 aliphatic heterocycles. The summed E-state index contributed by atoms with van der Waals surface area (Å²) in [6, 6.07) is -1.18. The number of carboxylic acids is 1. The Bertz CT molecular complexity index is 845. The van der Waals surface area contributed by atoms with Crippen molar-refractivity contribution in [3.63, 3.8) is 0 Å². The van der Waals surface area contributed by atoms with Gasteiger partial charge in [-0.3, -0.25) is 9.78 Å². The van der Waals surface area contributed by atoms with E-state index in [0.29, 0.717) is 16.1 Å². The summed E-state index contributed by atoms with van der Waals surface area (Å²) in [7, 11) is 0. The lowest BCUT2D eigenvalue weighted by Crippen LogP contribution is -2.39. The van der Waals surface area contributed by atoms with Crippen LogP contribution in [0.3, 0.4) is 0 Å². The molecule has 0 amide bonds. The average Bonchev–Trinajstić information content (AvgIpc) is 2.75. The van der Waals surface area contributed by atoms with E-state index in [1.54, 1.807) is 0 Å². The van der Waals surface area contributed by atoms with E-state index in [4.69, 9.17) is 5.11 Å². The first kappa shape index (κ1) is 14.1. The van der Waals surface area contributed by atoms with Gasteiger partial charge in [-0.2, -0.15) is 0 Å². The molecule has 112 valence electrons. The second-order valence-electron chi connectivity index (χ2n) is 5.68. The van der Waals surface area contributed by atoms with Crippen LogP contribution < -0.4 is 11.2 Å². The lowest BCUT2D eigenvalue weighted by atomic mass is 9.89. The minimum absolute atomic E-state index is 0.490. The Labute approximate surface area is 124 Å². The number of hydrogen-bond donors (Lipinski definition) is 2. The van der Waals surface area contributed by atoms with Gasteiger partial charge in [-0.1, -0.05) is 6.92 Å². The van der Waals surface area contributed by atoms with Crippen molar-refractivity contribution in [3.8, 4) is 0 Å². The van der Waals surface area contributed by atoms with Crippen molar-refractivity contribution >= 4 is 27.5 Å². The number of carbonyl (C=O) groups is 1. The molecular formula is C14H16N2O4S. The molecule has 2 atom stereocenters. The van der Waals surface area contributed by atoms with E-state index in [0.717, 1.165) is 34.3 Å². The number of hydrogen-bond acceptors (Lipinski definition) is 4. The van der Waals surface area contributed by atoms with Crippen molar-refractivity contribution in [2.45, 2.75) is 39.2 Å². The SMILES string of the molecule is CC1CCc2c(sc3[nH]c(=O)n(C(C)C(=O)O)c(=O)c23)C1. The Kier molecular flexibility index (Phi) is 3.24. The molecule has 6 nitrogen and oxygen atoms in total. The zero-order valence-corrected chi connectivity index (χ0v) is 12.6. The van der Waals surface area contributed by atoms with Gasteiger partial charge in [0.05, 0.1) is 5.39 Å². The van der Waals surface area contributed by atoms with Crippen LogP contribution in [0.2, 0.25) is 0 Å². The van der Waals surface area contributed by atoms with E-state index in [1.807, 2.05) is 0 Å². The molecule has 21 heavy (non-hydrogen) atoms. The molecule has 2 heterocycles. The van der Waals surface area contributed by atoms with Gasteiger partial charge in [0, 0.05) is 4.88 Å². The highest BCUT2D eigenvalue weighted by atomic mass is 32.1. The Morgan fingerprint density at radius 2 is 2.19 bits per heavy atom. The summed E-state index contributed by atoms with van der Waals surface area (Å²) in [5.41, 5.74) is -0.162. The smallest absolute Gasteiger partial charge is 0.330 e. The molecular weight excluding hydrogens is 292 g/mol. The Morgan fingerprint density at radius 3 is 2.86 bits per heavy atom. The van der Waals surface area contributed by atoms with Gasteiger partial charge in [0.25, 0.3) is 5.56 Å². The minimum Gasteiger partial charge on any atom is -0.480 e. The van der Waals surface area contributed by atoms with E-state index in [-0.39, 0.29) is 0 Å². The maximum absolute atomic E-state index is 12.6. The van der Waals surface area contributed by atoms with Crippen LogP contribution in [0, 0.1) is 5.92 Å². The molecule has 2 N–H and O–H groups in total. The molecule has 2 unspecified atom stereocenters. The minimum atomic E-state index is -1.19. The van der Waals surface area contributed by atoms with Crippen LogP contribution in [0.15, 0.2) is 9.59 Å². The number of aryl methyl sites for hydroxylation is 1. The average molecular weight is 308 g/mol. The number of carboxylic acid groups (broad SMARTS) is 1. The molecule has 7 heteroatoms. The number of thiophene rings is 1. The highest BCUT2D eigenvalue weighted by molar-refractivity contribution is 7.18. The predicted octanol–water partition coefficient (Wildman–Crippen LogP) is 1.52. The summed E-state index contributed by atoms with van der Waals surface area (Å²) in [5, 5.41) is 9.57. The van der Waals surface area contributed by atoms with Crippen LogP contribution in [0.4, 0.5) is 0 Å². The van der Waals surface area contributed by atoms with Crippen LogP contribution in [0.1, 0.15) is 36.8 Å². The summed E-state index contributed by atoms with van der Waals surface area (Å²) in [6.07, 6.45) is 2.72. The van der Waals surface area contributed by atoms with Crippen LogP contribution >= 0.6 is 11.3 Å². The van der Waals surface area contributed by atoms with Gasteiger partial charge < -0.3 is 5.11 Å². The van der Waals surface area contributed by atoms with Gasteiger partial charge in [0.1, 0.15) is 10.9 Å². The van der Waals surface area contributed by atoms with Crippen molar-refractivity contribution in [1.29, 1.82) is 0 Å². The first-order valence-corrected chi connectivity index (χ1v) is 7.73. The number of fused-ring (bicyclic) bond motifs is 3. The number of rotatable bonds is 2. The maximum atomic E-state index is 12.6. The van der Waals surface area contributed by atoms with E-state index in [2.05, 4.69) is 11.9 Å². The fraction of sp³-hybridized carbons (Fsp3) is 0.500. The summed E-state index contributed by atoms with van der Waals surface area (Å²) in [4.78, 5) is 40.1. The zero-order valence-electron chi connectivity index (χ0n) is 11.8. The normalized spacial score (nSPS) is 19.4. The molecule has 0 saturated heterocycles. The summed E-state index contributed by atoms with van der Waals surface area (Å²) in [5.74, 6) is -0.628. The number of aromatic nitrogens is 2. The number of nitrogens with one attached hydrogen (secondary N) is 1. The number of H-pyrrole nitrogens is 1. The van der Waals surface area contributed by atoms with Gasteiger partial charge in [-0.15, -0.1) is 11.3 Å². The van der Waals surface area contributed by atoms with E-state index in [9.17, 15) is 14.4 Å². The standard InChI is InChI=1S/C14H16N2O4S/c1-6-3-4-8-9(5-6)21-11-10(8)12(17)16(14(20)15-11)7(2)13(18)19/h6-7H,3-5H2,1-2H3,(H,15,20)(H,18,19). The predicted molar refractivity (Wildman–Crippen MR) is 80.2 cm³/mol. The molecule has 0 saturated carbocycles. The third kappa shape index (κ3) is 2.12. The Morgan fingerprint density at radius 1 is 1.48 bits per heavy atom. The molecule has 1 aliphatic rings. The first-order valence-electron chi connectivity index (χ1n) is 6.92. The number of aromatic amines is 1. The molecule has 1 aliphatic carbocycles. The zero-order chi connectivity index (χ0) is 15.3. The summed E-state index contributed by atoms with van der Waals surface area (Å²) >= 11 is 1.44. The quantitative estimate of drug-likeness (QED) is 0.880. The molecule has 2 aromatic heterocycles. The topological polar surface area (TPSA) is 92.2 Å². The van der Waals surface area contributed by atoms with Crippen LogP contribution in [-0.2, 0) is 17.6 Å². The van der Waals surface area contributed by atoms with E-state index >= 15 is 0 Å². The van der Waals surface area contributed by atoms with Crippen molar-refractivity contribution in [2.75, 3.05) is 0 Å². The third-order valence-corrected chi connectivity index (χ3v) is 5.30. The first-order chi connectivity index (χ1) is 9.90. The van der Waals surface area contributed by atoms with Gasteiger partial charge >= 0.3 is 11.7 Å². The van der Waals surface area contributed by atoms with Crippen molar-refractivity contribution in [3.05, 3.63) is 31.3 Å². The molecule has 0 radical (unpaired) electrons. The van der Waals surface area contributed by atoms with Gasteiger partial charge in [0.2, 0.25) is 0 Å². The highest BCUT2D eigenvalue weighted by Gasteiger charge is 2.26. The Balaban J connectivity index is 2.32. The molecule has 0 aromatic carbocycles. The molecule has 0 bridgehead atoms. The molecule has 2 aromatic rings. The summed E-state index contributed by atoms with van der Waals surface area (Å²) in [6.45, 7) is 3.51. The van der Waals surface area contributed by atoms with Gasteiger partial charge in [0.15, 0.2) is 0 Å². The Hall–Kier alpha value is -1.89. The van der Waals surface area contributed by atoms with E-state index < -0.39 is 23.3 Å². The van der Waals surface area contributed by atoms with Crippen molar-refractivity contribution in [2.24, 2.45) is 5.92 Å². The third-order valence-electron chi connectivity index (χ3n) is 4.13. The van der Waals surface area contributed by atoms with Gasteiger partial charge in [-0.05, 0) is 37.7 Å². The molecule has 3 rings (SSSR count). The van der Waals surface area contributed by atoms with E-state index in [1.165, 1.54) is 18.3 Å². The lowest BCUT2D eigenvalue weighted by Gasteiger charge is -2.17. The monoisotopic (exact) mass is 308 g/mol. The molecule has 0 fully saturated rings. The molecule has 0 spiro atoms. The fourth-order valence-corrected chi connectivity index (χ4v) is 4.29. The largest absolute Gasteiger partial charge is 0.480 e. The van der Waals surface area contributed by atoms with Gasteiger partial charge in [-0.25, -0.2) is 14.2 Å². The fourth-order valence-electron chi connectivity index (χ4n) is 2.90. The summed E-state index contributed by atoms with van der Waals surface area (Å²) < 4.78 is 0.801. The maximum Gasteiger partial charge on any atom is 0.330 e. The second kappa shape index (κ2) is 4.84. The van der Waals surface area contributed by atoms with Crippen LogP contribution in [0.25, 0.3) is 10.2 Å².